The van der Waals surface area contributed by atoms with Crippen LogP contribution in [-0.2, 0) is 19.1 Å². The molecule has 0 aliphatic heterocycles. The lowest BCUT2D eigenvalue weighted by Crippen LogP contribution is -2.37. The van der Waals surface area contributed by atoms with Crippen molar-refractivity contribution < 1.29 is 28.7 Å². The molecule has 0 fully saturated rings. The van der Waals surface area contributed by atoms with Gasteiger partial charge in [-0.25, -0.2) is 4.79 Å². The molecule has 0 bridgehead atoms. The number of nitrogens with two attached hydrogens (primary N) is 1. The number of rotatable bonds is 8. The molecule has 0 saturated carbocycles. The minimum absolute atomic E-state index is 0.0118. The lowest BCUT2D eigenvalue weighted by Gasteiger charge is -2.17. The smallest absolute Gasteiger partial charge is 0.436 e. The Balaban J connectivity index is 1.95. The second-order valence-electron chi connectivity index (χ2n) is 8.17. The summed E-state index contributed by atoms with van der Waals surface area (Å²) in [5.41, 5.74) is 6.64. The first-order chi connectivity index (χ1) is 15.5. The Hall–Kier alpha value is -3.89. The normalized spacial score (nSPS) is 11.7. The number of nitrogens with zero attached hydrogens (tertiary/aromatic N) is 1. The van der Waals surface area contributed by atoms with Crippen molar-refractivity contribution in [3.8, 4) is 0 Å². The molecule has 178 valence electrons. The number of aliphatic imine (C=N–C) groups is 1. The number of esters is 1. The zero-order chi connectivity index (χ0) is 24.6. The Bertz CT molecular complexity index is 1070. The van der Waals surface area contributed by atoms with Crippen molar-refractivity contribution >= 4 is 40.6 Å². The highest BCUT2D eigenvalue weighted by Gasteiger charge is 2.17. The van der Waals surface area contributed by atoms with Crippen molar-refractivity contribution in [3.63, 3.8) is 0 Å². The van der Waals surface area contributed by atoms with Crippen LogP contribution < -0.4 is 16.4 Å². The fourth-order valence-corrected chi connectivity index (χ4v) is 2.74. The summed E-state index contributed by atoms with van der Waals surface area (Å²) in [6.07, 6.45) is -0.151. The molecule has 0 unspecified atom stereocenters. The molecular formula is C22H29N5O6. The quantitative estimate of drug-likeness (QED) is 0.201. The summed E-state index contributed by atoms with van der Waals surface area (Å²) in [6.45, 7) is 5.26. The van der Waals surface area contributed by atoms with Crippen molar-refractivity contribution in [1.82, 2.24) is 15.6 Å². The van der Waals surface area contributed by atoms with Crippen LogP contribution in [0.15, 0.2) is 29.3 Å². The molecule has 33 heavy (non-hydrogen) atoms. The number of benzene rings is 1. The maximum absolute atomic E-state index is 12.4. The predicted octanol–water partition coefficient (Wildman–Crippen LogP) is 1.61. The lowest BCUT2D eigenvalue weighted by molar-refractivity contribution is -0.140. The first-order valence-electron chi connectivity index (χ1n) is 10.3. The van der Waals surface area contributed by atoms with E-state index in [2.05, 4.69) is 25.3 Å². The first-order valence-corrected chi connectivity index (χ1v) is 10.3. The van der Waals surface area contributed by atoms with Gasteiger partial charge in [0.2, 0.25) is 5.91 Å². The van der Waals surface area contributed by atoms with E-state index in [-0.39, 0.29) is 36.4 Å². The largest absolute Gasteiger partial charge is 0.469 e. The number of hydrogen-bond acceptors (Lipinski definition) is 6. The number of methoxy groups -OCH3 is 1. The Morgan fingerprint density at radius 1 is 1.12 bits per heavy atom. The SMILES string of the molecule is COC(=O)CCCNC(=O)CNC(=O)c1cc2cc(/C(N)=N\C(=O)OC(C)(C)C)ccc2[nH]1. The van der Waals surface area contributed by atoms with Gasteiger partial charge in [-0.3, -0.25) is 14.4 Å². The van der Waals surface area contributed by atoms with Crippen molar-refractivity contribution in [3.05, 3.63) is 35.5 Å². The summed E-state index contributed by atoms with van der Waals surface area (Å²) in [5, 5.41) is 5.80. The zero-order valence-electron chi connectivity index (χ0n) is 19.1. The average molecular weight is 460 g/mol. The molecule has 0 spiro atoms. The van der Waals surface area contributed by atoms with E-state index in [1.54, 1.807) is 45.0 Å². The van der Waals surface area contributed by atoms with E-state index in [4.69, 9.17) is 10.5 Å². The van der Waals surface area contributed by atoms with E-state index >= 15 is 0 Å². The van der Waals surface area contributed by atoms with Crippen LogP contribution in [0.1, 0.15) is 49.7 Å². The Morgan fingerprint density at radius 2 is 1.85 bits per heavy atom. The van der Waals surface area contributed by atoms with Gasteiger partial charge in [0.1, 0.15) is 17.1 Å². The van der Waals surface area contributed by atoms with E-state index < -0.39 is 17.6 Å². The van der Waals surface area contributed by atoms with E-state index in [1.165, 1.54) is 7.11 Å². The number of H-pyrrole nitrogens is 1. The molecule has 0 saturated heterocycles. The van der Waals surface area contributed by atoms with Crippen LogP contribution in [0.2, 0.25) is 0 Å². The number of carbonyl (C=O) groups excluding carboxylic acids is 4. The minimum atomic E-state index is -0.794. The third kappa shape index (κ3) is 8.28. The van der Waals surface area contributed by atoms with Gasteiger partial charge >= 0.3 is 12.1 Å². The minimum Gasteiger partial charge on any atom is -0.469 e. The number of aromatic amines is 1. The molecule has 3 amide bonds. The van der Waals surface area contributed by atoms with E-state index in [1.807, 2.05) is 0 Å². The Morgan fingerprint density at radius 3 is 2.52 bits per heavy atom. The van der Waals surface area contributed by atoms with Crippen LogP contribution >= 0.6 is 0 Å². The molecule has 0 radical (unpaired) electrons. The number of fused-ring (bicyclic) bond motifs is 1. The number of amides is 3. The number of amidine groups is 1. The van der Waals surface area contributed by atoms with Crippen LogP contribution in [0.25, 0.3) is 10.9 Å². The monoisotopic (exact) mass is 459 g/mol. The molecule has 11 nitrogen and oxygen atoms in total. The van der Waals surface area contributed by atoms with Crippen molar-refractivity contribution in [2.45, 2.75) is 39.2 Å². The van der Waals surface area contributed by atoms with Crippen LogP contribution in [0.4, 0.5) is 4.79 Å². The van der Waals surface area contributed by atoms with E-state index in [9.17, 15) is 19.2 Å². The van der Waals surface area contributed by atoms with Gasteiger partial charge in [0.15, 0.2) is 0 Å². The number of hydrogen-bond donors (Lipinski definition) is 4. The van der Waals surface area contributed by atoms with Crippen LogP contribution in [0, 0.1) is 0 Å². The number of aromatic nitrogens is 1. The number of ether oxygens (including phenoxy) is 2. The second-order valence-corrected chi connectivity index (χ2v) is 8.17. The van der Waals surface area contributed by atoms with Crippen LogP contribution in [0.5, 0.6) is 0 Å². The second kappa shape index (κ2) is 11.1. The maximum atomic E-state index is 12.4. The van der Waals surface area contributed by atoms with Crippen molar-refractivity contribution in [2.75, 3.05) is 20.2 Å². The molecule has 1 heterocycles. The third-order valence-corrected chi connectivity index (χ3v) is 4.28. The fraction of sp³-hybridized carbons (Fsp3) is 0.409. The maximum Gasteiger partial charge on any atom is 0.436 e. The lowest BCUT2D eigenvalue weighted by atomic mass is 10.1. The van der Waals surface area contributed by atoms with Gasteiger partial charge in [-0.1, -0.05) is 0 Å². The Labute approximate surface area is 191 Å². The summed E-state index contributed by atoms with van der Waals surface area (Å²) >= 11 is 0. The molecule has 5 N–H and O–H groups in total. The molecule has 0 aliphatic rings. The number of carbonyl (C=O) groups is 4. The summed E-state index contributed by atoms with van der Waals surface area (Å²) < 4.78 is 9.65. The van der Waals surface area contributed by atoms with E-state index in [0.717, 1.165) is 0 Å². The van der Waals surface area contributed by atoms with Crippen molar-refractivity contribution in [1.29, 1.82) is 0 Å². The van der Waals surface area contributed by atoms with Crippen molar-refractivity contribution in [2.24, 2.45) is 10.7 Å². The summed E-state index contributed by atoms with van der Waals surface area (Å²) in [6, 6.07) is 6.64. The van der Waals surface area contributed by atoms with Crippen LogP contribution in [0.3, 0.4) is 0 Å². The van der Waals surface area contributed by atoms with Gasteiger partial charge < -0.3 is 30.8 Å². The molecule has 1 aromatic carbocycles. The highest BCUT2D eigenvalue weighted by molar-refractivity contribution is 6.06. The summed E-state index contributed by atoms with van der Waals surface area (Å²) in [7, 11) is 1.30. The molecule has 2 aromatic rings. The molecule has 2 rings (SSSR count). The zero-order valence-corrected chi connectivity index (χ0v) is 19.1. The van der Waals surface area contributed by atoms with Gasteiger partial charge in [-0.15, -0.1) is 0 Å². The Kier molecular flexibility index (Phi) is 8.55. The average Bonchev–Trinajstić information content (AvgIpc) is 3.16. The molecule has 0 atom stereocenters. The van der Waals surface area contributed by atoms with Gasteiger partial charge in [0, 0.05) is 29.4 Å². The molecule has 1 aromatic heterocycles. The van der Waals surface area contributed by atoms with Gasteiger partial charge in [0.05, 0.1) is 13.7 Å². The van der Waals surface area contributed by atoms with E-state index in [0.29, 0.717) is 29.4 Å². The highest BCUT2D eigenvalue weighted by atomic mass is 16.6. The van der Waals surface area contributed by atoms with Gasteiger partial charge in [0.25, 0.3) is 5.91 Å². The summed E-state index contributed by atoms with van der Waals surface area (Å²) in [5.74, 6) is -1.20. The first kappa shape index (κ1) is 25.4. The molecular weight excluding hydrogens is 430 g/mol. The summed E-state index contributed by atoms with van der Waals surface area (Å²) in [4.78, 5) is 53.8. The molecule has 11 heteroatoms. The van der Waals surface area contributed by atoms with Gasteiger partial charge in [-0.2, -0.15) is 4.99 Å². The standard InChI is InChI=1S/C22H29N5O6/c1-22(2,3)33-21(31)27-19(23)13-7-8-15-14(10-13)11-16(26-15)20(30)25-12-17(28)24-9-5-6-18(29)32-4/h7-8,10-11,26H,5-6,9,12H2,1-4H3,(H,24,28)(H,25,30)(H2,23,27,31). The predicted molar refractivity (Wildman–Crippen MR) is 122 cm³/mol. The highest BCUT2D eigenvalue weighted by Crippen LogP contribution is 2.18. The van der Waals surface area contributed by atoms with Crippen LogP contribution in [-0.4, -0.2) is 60.5 Å². The number of nitrogens with one attached hydrogen (secondary N) is 3. The topological polar surface area (TPSA) is 165 Å². The van der Waals surface area contributed by atoms with Gasteiger partial charge in [-0.05, 0) is 51.5 Å². The fourth-order valence-electron chi connectivity index (χ4n) is 2.74. The third-order valence-electron chi connectivity index (χ3n) is 4.28. The molecule has 0 aliphatic carbocycles.